The average molecular weight is 668 g/mol. The van der Waals surface area contributed by atoms with Crippen LogP contribution in [-0.2, 0) is 25.2 Å². The summed E-state index contributed by atoms with van der Waals surface area (Å²) >= 11 is 5.99. The Morgan fingerprint density at radius 1 is 1.11 bits per heavy atom. The van der Waals surface area contributed by atoms with Gasteiger partial charge in [0.2, 0.25) is 5.91 Å². The first-order valence-electron chi connectivity index (χ1n) is 13.8. The van der Waals surface area contributed by atoms with Gasteiger partial charge in [-0.05, 0) is 29.5 Å². The first-order valence-corrected chi connectivity index (χ1v) is 15.7. The molecular weight excluding hydrogens is 632 g/mol. The highest BCUT2D eigenvalue weighted by Gasteiger charge is 2.26. The highest BCUT2D eigenvalue weighted by Crippen LogP contribution is 2.37. The van der Waals surface area contributed by atoms with Crippen LogP contribution in [0.1, 0.15) is 32.3 Å². The monoisotopic (exact) mass is 667 g/mol. The number of amides is 4. The van der Waals surface area contributed by atoms with Crippen molar-refractivity contribution in [3.8, 4) is 0 Å². The number of likely N-dealkylation sites (N-methyl/N-ethyl adjacent to an activating group) is 1. The summed E-state index contributed by atoms with van der Waals surface area (Å²) in [5, 5.41) is 9.50. The quantitative estimate of drug-likeness (QED) is 0.151. The van der Waals surface area contributed by atoms with E-state index < -0.39 is 43.1 Å². The molecule has 244 valence electrons. The zero-order valence-corrected chi connectivity index (χ0v) is 26.6. The maximum Gasteiger partial charge on any atom is 0.469 e. The maximum atomic E-state index is 13.8. The second-order valence-electron chi connectivity index (χ2n) is 11.0. The Balaban J connectivity index is 1.61. The highest BCUT2D eigenvalue weighted by atomic mass is 35.5. The molecule has 2 aromatic carbocycles. The molecule has 0 saturated carbocycles. The number of nitrogens with one attached hydrogen (secondary N) is 3. The number of phosphoric ester groups is 1. The van der Waals surface area contributed by atoms with Crippen LogP contribution in [0, 0.1) is 11.2 Å². The van der Waals surface area contributed by atoms with Gasteiger partial charge in [0.05, 0.1) is 17.7 Å². The van der Waals surface area contributed by atoms with Crippen molar-refractivity contribution in [2.45, 2.75) is 39.3 Å². The predicted octanol–water partition coefficient (Wildman–Crippen LogP) is 4.82. The lowest BCUT2D eigenvalue weighted by Gasteiger charge is -2.28. The summed E-state index contributed by atoms with van der Waals surface area (Å²) in [5.74, 6) is -0.773. The summed E-state index contributed by atoms with van der Waals surface area (Å²) in [6.07, 6.45) is 0.788. The number of nitrogens with zero attached hydrogens (tertiary/aromatic N) is 2. The first kappa shape index (κ1) is 35.7. The summed E-state index contributed by atoms with van der Waals surface area (Å²) < 4.78 is 34.8. The van der Waals surface area contributed by atoms with Gasteiger partial charge in [0.15, 0.2) is 0 Å². The Kier molecular flexibility index (Phi) is 12.6. The number of halogens is 2. The van der Waals surface area contributed by atoms with E-state index in [1.54, 1.807) is 32.2 Å². The number of carbonyl (C=O) groups excluding carboxylic acids is 3. The molecule has 0 unspecified atom stereocenters. The van der Waals surface area contributed by atoms with E-state index in [2.05, 4.69) is 25.5 Å². The van der Waals surface area contributed by atoms with Gasteiger partial charge in [-0.15, -0.1) is 0 Å². The van der Waals surface area contributed by atoms with E-state index >= 15 is 0 Å². The standard InChI is InChI=1S/C29H36ClFN5O8P/c1-29(2,18-44-45(40,41)42)17-34-25(37)12-11-22(36(3)27(38)33-15-21-9-6-10-23(31)26(21)30)16-43-28(39)35-24-13-19-7-4-5-8-20(19)14-32-24/h4-10,13-14,22H,11-12,15-18H2,1-3H3,(H,33,38)(H,34,37)(H,32,35,39)(H2,40,41,42)/t22-/m0/s1. The maximum absolute atomic E-state index is 13.8. The number of ether oxygens (including phenoxy) is 1. The van der Waals surface area contributed by atoms with Gasteiger partial charge in [-0.3, -0.25) is 14.6 Å². The van der Waals surface area contributed by atoms with Crippen molar-refractivity contribution in [1.82, 2.24) is 20.5 Å². The van der Waals surface area contributed by atoms with Crippen molar-refractivity contribution in [2.24, 2.45) is 5.41 Å². The van der Waals surface area contributed by atoms with Crippen molar-refractivity contribution in [3.05, 3.63) is 71.1 Å². The van der Waals surface area contributed by atoms with Crippen LogP contribution < -0.4 is 16.0 Å². The Morgan fingerprint density at radius 2 is 1.82 bits per heavy atom. The number of phosphoric acid groups is 1. The molecule has 0 aliphatic heterocycles. The van der Waals surface area contributed by atoms with Crippen molar-refractivity contribution in [3.63, 3.8) is 0 Å². The molecule has 0 aliphatic rings. The fourth-order valence-electron chi connectivity index (χ4n) is 4.03. The molecule has 1 aromatic heterocycles. The molecule has 0 radical (unpaired) electrons. The van der Waals surface area contributed by atoms with E-state index in [9.17, 15) is 23.3 Å². The fraction of sp³-hybridized carbons (Fsp3) is 0.379. The zero-order chi connectivity index (χ0) is 33.2. The van der Waals surface area contributed by atoms with E-state index in [-0.39, 0.29) is 50.0 Å². The predicted molar refractivity (Wildman–Crippen MR) is 166 cm³/mol. The second kappa shape index (κ2) is 16.0. The summed E-state index contributed by atoms with van der Waals surface area (Å²) in [6, 6.07) is 12.0. The number of fused-ring (bicyclic) bond motifs is 1. The van der Waals surface area contributed by atoms with Gasteiger partial charge in [0.1, 0.15) is 18.2 Å². The Bertz CT molecular complexity index is 1560. The lowest BCUT2D eigenvalue weighted by Crippen LogP contribution is -2.46. The SMILES string of the molecule is CN(C(=O)NCc1cccc(F)c1Cl)[C@@H](CCC(=O)NCC(C)(C)COP(=O)(O)O)COC(=O)Nc1cc2ccccc2cn1. The van der Waals surface area contributed by atoms with Crippen LogP contribution in [-0.4, -0.2) is 70.6 Å². The molecule has 0 aliphatic carbocycles. The molecule has 4 amide bonds. The van der Waals surface area contributed by atoms with Crippen molar-refractivity contribution in [2.75, 3.05) is 32.1 Å². The Labute approximate surface area is 264 Å². The first-order chi connectivity index (χ1) is 21.1. The molecule has 0 saturated heterocycles. The normalized spacial score (nSPS) is 12.3. The van der Waals surface area contributed by atoms with Crippen LogP contribution in [0.25, 0.3) is 10.8 Å². The van der Waals surface area contributed by atoms with Crippen molar-refractivity contribution >= 4 is 54.0 Å². The van der Waals surface area contributed by atoms with Crippen LogP contribution >= 0.6 is 19.4 Å². The van der Waals surface area contributed by atoms with Gasteiger partial charge >= 0.3 is 19.9 Å². The number of hydrogen-bond donors (Lipinski definition) is 5. The third-order valence-electron chi connectivity index (χ3n) is 6.69. The number of benzene rings is 2. The van der Waals surface area contributed by atoms with Gasteiger partial charge in [-0.1, -0.05) is 61.8 Å². The number of carbonyl (C=O) groups is 3. The van der Waals surface area contributed by atoms with Crippen LogP contribution in [0.4, 0.5) is 19.8 Å². The Hall–Kier alpha value is -3.81. The van der Waals surface area contributed by atoms with Gasteiger partial charge in [-0.25, -0.2) is 23.5 Å². The van der Waals surface area contributed by atoms with Crippen LogP contribution in [0.2, 0.25) is 5.02 Å². The number of urea groups is 1. The summed E-state index contributed by atoms with van der Waals surface area (Å²) in [5.41, 5.74) is -0.429. The smallest absolute Gasteiger partial charge is 0.447 e. The molecule has 5 N–H and O–H groups in total. The number of aromatic nitrogens is 1. The molecule has 3 rings (SSSR count). The summed E-state index contributed by atoms with van der Waals surface area (Å²) in [4.78, 5) is 61.6. The molecule has 1 heterocycles. The number of hydrogen-bond acceptors (Lipinski definition) is 7. The van der Waals surface area contributed by atoms with Crippen LogP contribution in [0.5, 0.6) is 0 Å². The third-order valence-corrected chi connectivity index (χ3v) is 7.58. The van der Waals surface area contributed by atoms with Gasteiger partial charge in [0, 0.05) is 43.6 Å². The molecule has 1 atom stereocenters. The largest absolute Gasteiger partial charge is 0.469 e. The van der Waals surface area contributed by atoms with E-state index in [1.807, 2.05) is 24.3 Å². The molecule has 13 nitrogen and oxygen atoms in total. The summed E-state index contributed by atoms with van der Waals surface area (Å²) in [6.45, 7) is 2.72. The van der Waals surface area contributed by atoms with E-state index in [1.165, 1.54) is 24.1 Å². The molecule has 0 fully saturated rings. The van der Waals surface area contributed by atoms with E-state index in [0.29, 0.717) is 5.56 Å². The molecule has 0 spiro atoms. The second-order valence-corrected chi connectivity index (χ2v) is 12.6. The topological polar surface area (TPSA) is 179 Å². The Morgan fingerprint density at radius 3 is 2.53 bits per heavy atom. The zero-order valence-electron chi connectivity index (χ0n) is 25.0. The van der Waals surface area contributed by atoms with E-state index in [4.69, 9.17) is 26.1 Å². The molecule has 45 heavy (non-hydrogen) atoms. The van der Waals surface area contributed by atoms with Gasteiger partial charge in [0.25, 0.3) is 0 Å². The number of rotatable bonds is 14. The van der Waals surface area contributed by atoms with Gasteiger partial charge < -0.3 is 30.1 Å². The summed E-state index contributed by atoms with van der Waals surface area (Å²) in [7, 11) is -3.21. The number of pyridine rings is 1. The number of anilines is 1. The highest BCUT2D eigenvalue weighted by molar-refractivity contribution is 7.46. The minimum Gasteiger partial charge on any atom is -0.447 e. The molecule has 0 bridgehead atoms. The fourth-order valence-corrected chi connectivity index (χ4v) is 4.74. The molecule has 3 aromatic rings. The average Bonchev–Trinajstić information content (AvgIpc) is 2.99. The van der Waals surface area contributed by atoms with Gasteiger partial charge in [-0.2, -0.15) is 0 Å². The van der Waals surface area contributed by atoms with Crippen molar-refractivity contribution < 1.29 is 42.4 Å². The lowest BCUT2D eigenvalue weighted by molar-refractivity contribution is -0.122. The minimum absolute atomic E-state index is 0.0544. The van der Waals surface area contributed by atoms with Crippen molar-refractivity contribution in [1.29, 1.82) is 0 Å². The van der Waals surface area contributed by atoms with Crippen LogP contribution in [0.3, 0.4) is 0 Å². The molecule has 16 heteroatoms. The van der Waals surface area contributed by atoms with Crippen LogP contribution in [0.15, 0.2) is 54.7 Å². The lowest BCUT2D eigenvalue weighted by atomic mass is 9.95. The third kappa shape index (κ3) is 11.9. The minimum atomic E-state index is -4.67. The molecular formula is C29H36ClFN5O8P. The van der Waals surface area contributed by atoms with E-state index in [0.717, 1.165) is 10.8 Å².